The number of halogens is 3. The van der Waals surface area contributed by atoms with Crippen LogP contribution in [0.2, 0.25) is 0 Å². The first-order valence-electron chi connectivity index (χ1n) is 10.9. The van der Waals surface area contributed by atoms with Gasteiger partial charge in [-0.1, -0.05) is 35.2 Å². The number of aromatic nitrogens is 2. The number of rotatable bonds is 6. The Morgan fingerprint density at radius 3 is 2.56 bits per heavy atom. The van der Waals surface area contributed by atoms with Crippen molar-refractivity contribution in [2.75, 3.05) is 0 Å². The first-order chi connectivity index (χ1) is 16.2. The van der Waals surface area contributed by atoms with Crippen LogP contribution in [0.4, 0.5) is 0 Å². The summed E-state index contributed by atoms with van der Waals surface area (Å²) in [6, 6.07) is 9.25. The molecule has 2 aromatic carbocycles. The molecule has 178 valence electrons. The van der Waals surface area contributed by atoms with Crippen molar-refractivity contribution >= 4 is 84.2 Å². The van der Waals surface area contributed by atoms with Crippen LogP contribution in [0.1, 0.15) is 56.3 Å². The summed E-state index contributed by atoms with van der Waals surface area (Å²) in [6.07, 6.45) is 6.12. The minimum absolute atomic E-state index is 0.192. The van der Waals surface area contributed by atoms with Gasteiger partial charge in [-0.2, -0.15) is 9.78 Å². The number of ether oxygens (including phenoxy) is 1. The number of hydrogen-bond donors (Lipinski definition) is 1. The highest BCUT2D eigenvalue weighted by atomic mass is 127. The van der Waals surface area contributed by atoms with Gasteiger partial charge in [0.15, 0.2) is 6.10 Å². The average Bonchev–Trinajstić information content (AvgIpc) is 2.81. The molecule has 0 radical (unpaired) electrons. The van der Waals surface area contributed by atoms with Gasteiger partial charge in [-0.3, -0.25) is 4.79 Å². The Morgan fingerprint density at radius 2 is 1.91 bits per heavy atom. The predicted molar refractivity (Wildman–Crippen MR) is 152 cm³/mol. The summed E-state index contributed by atoms with van der Waals surface area (Å²) >= 11 is 7.68. The molecule has 0 unspecified atom stereocenters. The number of carbonyl (C=O) groups is 1. The molecule has 1 saturated carbocycles. The van der Waals surface area contributed by atoms with E-state index in [0.717, 1.165) is 42.9 Å². The molecule has 1 aliphatic carbocycles. The Labute approximate surface area is 232 Å². The Hall–Kier alpha value is -1.54. The molecule has 10 heteroatoms. The second-order valence-electron chi connectivity index (χ2n) is 8.24. The molecule has 3 aromatic rings. The maximum absolute atomic E-state index is 13.4. The fraction of sp³-hybridized carbons (Fsp3) is 0.333. The highest BCUT2D eigenvalue weighted by molar-refractivity contribution is 14.1. The van der Waals surface area contributed by atoms with Crippen LogP contribution in [-0.2, 0) is 4.79 Å². The lowest BCUT2D eigenvalue weighted by Crippen LogP contribution is -2.25. The molecule has 0 saturated heterocycles. The van der Waals surface area contributed by atoms with E-state index < -0.39 is 12.1 Å². The van der Waals surface area contributed by atoms with Crippen molar-refractivity contribution in [2.45, 2.75) is 51.0 Å². The molecule has 4 rings (SSSR count). The topological polar surface area (TPSA) is 93.8 Å². The Morgan fingerprint density at radius 1 is 1.24 bits per heavy atom. The van der Waals surface area contributed by atoms with Crippen molar-refractivity contribution in [1.82, 2.24) is 9.66 Å². The van der Waals surface area contributed by atoms with Gasteiger partial charge in [0.2, 0.25) is 0 Å². The van der Waals surface area contributed by atoms with Crippen molar-refractivity contribution in [1.29, 1.82) is 0 Å². The second kappa shape index (κ2) is 11.0. The van der Waals surface area contributed by atoms with Crippen LogP contribution in [0.15, 0.2) is 44.7 Å². The summed E-state index contributed by atoms with van der Waals surface area (Å²) in [5, 5.41) is 14.3. The maximum atomic E-state index is 13.4. The van der Waals surface area contributed by atoms with E-state index in [1.807, 2.05) is 24.3 Å². The van der Waals surface area contributed by atoms with Crippen LogP contribution >= 0.6 is 61.1 Å². The van der Waals surface area contributed by atoms with Gasteiger partial charge < -0.3 is 9.84 Å². The lowest BCUT2D eigenvalue weighted by molar-refractivity contribution is -0.144. The number of carboxylic acids is 1. The zero-order chi connectivity index (χ0) is 24.4. The van der Waals surface area contributed by atoms with Crippen molar-refractivity contribution in [3.05, 3.63) is 63.7 Å². The molecule has 0 spiro atoms. The first-order valence-corrected chi connectivity index (χ1v) is 13.8. The zero-order valence-corrected chi connectivity index (χ0v) is 24.2. The van der Waals surface area contributed by atoms with E-state index in [9.17, 15) is 9.59 Å². The molecule has 0 bridgehead atoms. The normalized spacial score (nSPS) is 15.6. The number of carboxylic acid groups (broad SMARTS) is 1. The summed E-state index contributed by atoms with van der Waals surface area (Å²) in [5.41, 5.74) is 1.26. The molecular formula is C24H22BrI2N3O4. The third kappa shape index (κ3) is 5.64. The second-order valence-corrected chi connectivity index (χ2v) is 11.5. The molecule has 0 amide bonds. The van der Waals surface area contributed by atoms with Crippen LogP contribution in [-0.4, -0.2) is 33.1 Å². The highest BCUT2D eigenvalue weighted by Gasteiger charge is 2.23. The summed E-state index contributed by atoms with van der Waals surface area (Å²) in [7, 11) is 0. The molecule has 1 atom stereocenters. The van der Waals surface area contributed by atoms with Crippen molar-refractivity contribution in [3.8, 4) is 5.75 Å². The molecule has 1 fully saturated rings. The van der Waals surface area contributed by atoms with E-state index in [0.29, 0.717) is 22.5 Å². The predicted octanol–water partition coefficient (Wildman–Crippen LogP) is 6.15. The number of benzene rings is 2. The SMILES string of the molecule is C[C@@H](Oc1c(I)cc(C=Nn2c(C3CCCCC3)nc3ccc(Br)cc3c2=O)cc1I)C(=O)O. The first kappa shape index (κ1) is 25.5. The number of nitrogens with zero attached hydrogens (tertiary/aromatic N) is 3. The smallest absolute Gasteiger partial charge is 0.344 e. The Balaban J connectivity index is 1.76. The molecule has 1 N–H and O–H groups in total. The van der Waals surface area contributed by atoms with Crippen LogP contribution < -0.4 is 10.3 Å². The molecule has 1 aromatic heterocycles. The van der Waals surface area contributed by atoms with Gasteiger partial charge in [-0.15, -0.1) is 0 Å². The standard InChI is InChI=1S/C24H22BrI2N3O4/c1-13(24(32)33)34-21-18(26)9-14(10-19(21)27)12-28-30-22(15-5-3-2-4-6-15)29-20-8-7-16(25)11-17(20)23(30)31/h7-13,15H,2-6H2,1H3,(H,32,33)/t13-/m1/s1. The summed E-state index contributed by atoms with van der Waals surface area (Å²) in [4.78, 5) is 29.5. The van der Waals surface area contributed by atoms with Crippen molar-refractivity contribution in [3.63, 3.8) is 0 Å². The molecule has 1 heterocycles. The van der Waals surface area contributed by atoms with Crippen LogP contribution in [0.25, 0.3) is 10.9 Å². The third-order valence-electron chi connectivity index (χ3n) is 5.79. The van der Waals surface area contributed by atoms with Crippen LogP contribution in [0.5, 0.6) is 5.75 Å². The van der Waals surface area contributed by atoms with Gasteiger partial charge in [0.1, 0.15) is 11.6 Å². The van der Waals surface area contributed by atoms with Crippen molar-refractivity contribution in [2.24, 2.45) is 5.10 Å². The quantitative estimate of drug-likeness (QED) is 0.241. The number of aliphatic carboxylic acids is 1. The molecular weight excluding hydrogens is 728 g/mol. The van der Waals surface area contributed by atoms with Crippen LogP contribution in [0.3, 0.4) is 0 Å². The zero-order valence-electron chi connectivity index (χ0n) is 18.3. The summed E-state index contributed by atoms with van der Waals surface area (Å²) in [6.45, 7) is 1.49. The molecule has 34 heavy (non-hydrogen) atoms. The highest BCUT2D eigenvalue weighted by Crippen LogP contribution is 2.32. The fourth-order valence-electron chi connectivity index (χ4n) is 4.02. The van der Waals surface area contributed by atoms with Gasteiger partial charge in [-0.25, -0.2) is 9.78 Å². The Kier molecular flexibility index (Phi) is 8.28. The van der Waals surface area contributed by atoms with E-state index in [1.54, 1.807) is 12.3 Å². The number of fused-ring (bicyclic) bond motifs is 1. The van der Waals surface area contributed by atoms with Gasteiger partial charge in [-0.05, 0) is 101 Å². The maximum Gasteiger partial charge on any atom is 0.344 e. The monoisotopic (exact) mass is 749 g/mol. The molecule has 0 aliphatic heterocycles. The van der Waals surface area contributed by atoms with Gasteiger partial charge in [0, 0.05) is 10.4 Å². The largest absolute Gasteiger partial charge is 0.479 e. The fourth-order valence-corrected chi connectivity index (χ4v) is 6.45. The molecule has 7 nitrogen and oxygen atoms in total. The third-order valence-corrected chi connectivity index (χ3v) is 7.88. The lowest BCUT2D eigenvalue weighted by atomic mass is 9.88. The van der Waals surface area contributed by atoms with Gasteiger partial charge in [0.25, 0.3) is 5.56 Å². The average molecular weight is 750 g/mol. The van der Waals surface area contributed by atoms with E-state index in [1.165, 1.54) is 18.0 Å². The Bertz CT molecular complexity index is 1310. The van der Waals surface area contributed by atoms with Gasteiger partial charge in [0.05, 0.1) is 24.3 Å². The van der Waals surface area contributed by atoms with E-state index in [2.05, 4.69) is 66.2 Å². The van der Waals surface area contributed by atoms with E-state index >= 15 is 0 Å². The minimum Gasteiger partial charge on any atom is -0.479 e. The van der Waals surface area contributed by atoms with Crippen molar-refractivity contribution < 1.29 is 14.6 Å². The van der Waals surface area contributed by atoms with E-state index in [4.69, 9.17) is 14.8 Å². The summed E-state index contributed by atoms with van der Waals surface area (Å²) in [5.74, 6) is 0.392. The molecule has 1 aliphatic rings. The lowest BCUT2D eigenvalue weighted by Gasteiger charge is -2.22. The van der Waals surface area contributed by atoms with Crippen LogP contribution in [0, 0.1) is 7.14 Å². The summed E-state index contributed by atoms with van der Waals surface area (Å²) < 4.78 is 9.39. The minimum atomic E-state index is -1.03. The van der Waals surface area contributed by atoms with Gasteiger partial charge >= 0.3 is 5.97 Å². The number of hydrogen-bond acceptors (Lipinski definition) is 5. The van der Waals surface area contributed by atoms with E-state index in [-0.39, 0.29) is 11.5 Å².